The maximum absolute atomic E-state index is 13.1. The fourth-order valence-corrected chi connectivity index (χ4v) is 2.57. The average Bonchev–Trinajstić information content (AvgIpc) is 2.96. The normalized spacial score (nSPS) is 16.8. The summed E-state index contributed by atoms with van der Waals surface area (Å²) in [5.74, 6) is -0.801. The fraction of sp³-hybridized carbons (Fsp3) is 0.222. The van der Waals surface area contributed by atoms with E-state index in [4.69, 9.17) is 4.74 Å². The zero-order chi connectivity index (χ0) is 16.9. The van der Waals surface area contributed by atoms with E-state index in [9.17, 15) is 14.0 Å². The van der Waals surface area contributed by atoms with Gasteiger partial charge in [0.25, 0.3) is 5.91 Å². The van der Waals surface area contributed by atoms with Gasteiger partial charge in [-0.05, 0) is 30.3 Å². The highest BCUT2D eigenvalue weighted by Crippen LogP contribution is 2.22. The number of nitrogens with one attached hydrogen (secondary N) is 1. The zero-order valence-corrected chi connectivity index (χ0v) is 12.9. The summed E-state index contributed by atoms with van der Waals surface area (Å²) in [5.41, 5.74) is 1.05. The van der Waals surface area contributed by atoms with Crippen molar-refractivity contribution in [1.29, 1.82) is 0 Å². The minimum atomic E-state index is -0.453. The van der Waals surface area contributed by atoms with Gasteiger partial charge in [-0.2, -0.15) is 0 Å². The maximum Gasteiger partial charge on any atom is 0.414 e. The first-order chi connectivity index (χ1) is 11.6. The summed E-state index contributed by atoms with van der Waals surface area (Å²) in [6, 6.07) is 14.8. The lowest BCUT2D eigenvalue weighted by molar-refractivity contribution is 0.0943. The summed E-state index contributed by atoms with van der Waals surface area (Å²) in [6.45, 7) is 0.786. The molecule has 2 aromatic rings. The van der Waals surface area contributed by atoms with Crippen LogP contribution in [-0.4, -0.2) is 31.2 Å². The second-order valence-electron chi connectivity index (χ2n) is 5.51. The number of amides is 2. The Morgan fingerprint density at radius 2 is 2.00 bits per heavy atom. The minimum absolute atomic E-state index is 0.268. The number of nitrogens with zero attached hydrogens (tertiary/aromatic N) is 1. The van der Waals surface area contributed by atoms with Gasteiger partial charge in [-0.25, -0.2) is 9.18 Å². The van der Waals surface area contributed by atoms with Gasteiger partial charge in [0.1, 0.15) is 11.9 Å². The van der Waals surface area contributed by atoms with E-state index in [2.05, 4.69) is 5.32 Å². The lowest BCUT2D eigenvalue weighted by atomic mass is 10.2. The number of halogens is 1. The molecule has 5 nitrogen and oxygen atoms in total. The molecule has 2 aromatic carbocycles. The molecule has 24 heavy (non-hydrogen) atoms. The number of rotatable bonds is 5. The summed E-state index contributed by atoms with van der Waals surface area (Å²) in [6.07, 6.45) is -0.177. The van der Waals surface area contributed by atoms with Crippen LogP contribution in [0.1, 0.15) is 16.8 Å². The second kappa shape index (κ2) is 7.12. The van der Waals surface area contributed by atoms with Gasteiger partial charge < -0.3 is 10.1 Å². The van der Waals surface area contributed by atoms with Crippen LogP contribution in [0.3, 0.4) is 0 Å². The Morgan fingerprint density at radius 3 is 2.75 bits per heavy atom. The molecule has 1 aliphatic rings. The van der Waals surface area contributed by atoms with Gasteiger partial charge in [0, 0.05) is 24.2 Å². The van der Waals surface area contributed by atoms with E-state index in [1.165, 1.54) is 18.2 Å². The van der Waals surface area contributed by atoms with E-state index < -0.39 is 5.82 Å². The molecule has 1 fully saturated rings. The topological polar surface area (TPSA) is 58.6 Å². The molecule has 0 radical (unpaired) electrons. The SMILES string of the molecule is O=C(NCCC1CN(c2ccccc2)C(=O)O1)c1cccc(F)c1. The lowest BCUT2D eigenvalue weighted by Gasteiger charge is -2.12. The van der Waals surface area contributed by atoms with Gasteiger partial charge in [-0.15, -0.1) is 0 Å². The zero-order valence-electron chi connectivity index (χ0n) is 12.9. The highest BCUT2D eigenvalue weighted by atomic mass is 19.1. The average molecular weight is 328 g/mol. The molecule has 0 aromatic heterocycles. The van der Waals surface area contributed by atoms with Gasteiger partial charge in [0.15, 0.2) is 0 Å². The largest absolute Gasteiger partial charge is 0.444 e. The number of cyclic esters (lactones) is 1. The van der Waals surface area contributed by atoms with Crippen molar-refractivity contribution >= 4 is 17.7 Å². The van der Waals surface area contributed by atoms with Crippen molar-refractivity contribution in [1.82, 2.24) is 5.32 Å². The van der Waals surface area contributed by atoms with E-state index in [0.717, 1.165) is 5.69 Å². The molecule has 124 valence electrons. The number of benzene rings is 2. The summed E-state index contributed by atoms with van der Waals surface area (Å²) < 4.78 is 18.4. The van der Waals surface area contributed by atoms with Crippen LogP contribution in [-0.2, 0) is 4.74 Å². The first-order valence-electron chi connectivity index (χ1n) is 7.70. The highest BCUT2D eigenvalue weighted by molar-refractivity contribution is 5.94. The van der Waals surface area contributed by atoms with Crippen LogP contribution >= 0.6 is 0 Å². The molecule has 0 saturated carbocycles. The first-order valence-corrected chi connectivity index (χ1v) is 7.70. The van der Waals surface area contributed by atoms with Crippen molar-refractivity contribution in [3.8, 4) is 0 Å². The second-order valence-corrected chi connectivity index (χ2v) is 5.51. The minimum Gasteiger partial charge on any atom is -0.444 e. The number of para-hydroxylation sites is 1. The number of carbonyl (C=O) groups excluding carboxylic acids is 2. The van der Waals surface area contributed by atoms with Gasteiger partial charge in [0.2, 0.25) is 0 Å². The summed E-state index contributed by atoms with van der Waals surface area (Å²) >= 11 is 0. The molecule has 3 rings (SSSR count). The Labute approximate surface area is 139 Å². The van der Waals surface area contributed by atoms with E-state index in [1.807, 2.05) is 30.3 Å². The molecule has 0 bridgehead atoms. The molecule has 2 amide bonds. The predicted octanol–water partition coefficient (Wildman–Crippen LogP) is 2.97. The third-order valence-electron chi connectivity index (χ3n) is 3.78. The van der Waals surface area contributed by atoms with Crippen molar-refractivity contribution in [3.05, 3.63) is 66.0 Å². The number of anilines is 1. The Hall–Kier alpha value is -2.89. The van der Waals surface area contributed by atoms with E-state index in [-0.39, 0.29) is 23.7 Å². The van der Waals surface area contributed by atoms with Crippen LogP contribution < -0.4 is 10.2 Å². The van der Waals surface area contributed by atoms with Crippen LogP contribution in [0.25, 0.3) is 0 Å². The van der Waals surface area contributed by atoms with E-state index in [1.54, 1.807) is 11.0 Å². The Balaban J connectivity index is 1.49. The molecular formula is C18H17FN2O3. The monoisotopic (exact) mass is 328 g/mol. The third-order valence-corrected chi connectivity index (χ3v) is 3.78. The van der Waals surface area contributed by atoms with Crippen LogP contribution in [0.5, 0.6) is 0 Å². The molecule has 1 N–H and O–H groups in total. The summed E-state index contributed by atoms with van der Waals surface area (Å²) in [4.78, 5) is 25.4. The van der Waals surface area contributed by atoms with Crippen LogP contribution in [0, 0.1) is 5.82 Å². The smallest absolute Gasteiger partial charge is 0.414 e. The molecule has 1 saturated heterocycles. The number of hydrogen-bond acceptors (Lipinski definition) is 3. The fourth-order valence-electron chi connectivity index (χ4n) is 2.57. The third kappa shape index (κ3) is 3.71. The molecule has 1 heterocycles. The highest BCUT2D eigenvalue weighted by Gasteiger charge is 2.31. The van der Waals surface area contributed by atoms with Gasteiger partial charge >= 0.3 is 6.09 Å². The Kier molecular flexibility index (Phi) is 4.74. The molecule has 0 spiro atoms. The lowest BCUT2D eigenvalue weighted by Crippen LogP contribution is -2.29. The van der Waals surface area contributed by atoms with Crippen molar-refractivity contribution in [2.75, 3.05) is 18.0 Å². The Bertz CT molecular complexity index is 736. The van der Waals surface area contributed by atoms with Crippen LogP contribution in [0.4, 0.5) is 14.9 Å². The van der Waals surface area contributed by atoms with E-state index in [0.29, 0.717) is 19.5 Å². The number of ether oxygens (including phenoxy) is 1. The Morgan fingerprint density at radius 1 is 1.21 bits per heavy atom. The molecule has 1 unspecified atom stereocenters. The standard InChI is InChI=1S/C18H17FN2O3/c19-14-6-4-5-13(11-14)17(22)20-10-9-16-12-21(18(23)24-16)15-7-2-1-3-8-15/h1-8,11,16H,9-10,12H2,(H,20,22). The van der Waals surface area contributed by atoms with Crippen molar-refractivity contribution < 1.29 is 18.7 Å². The predicted molar refractivity (Wildman–Crippen MR) is 87.4 cm³/mol. The quantitative estimate of drug-likeness (QED) is 0.918. The van der Waals surface area contributed by atoms with Crippen LogP contribution in [0.2, 0.25) is 0 Å². The summed E-state index contributed by atoms with van der Waals surface area (Å²) in [7, 11) is 0. The maximum atomic E-state index is 13.1. The number of carbonyl (C=O) groups is 2. The first kappa shape index (κ1) is 16.0. The number of hydrogen-bond donors (Lipinski definition) is 1. The molecule has 1 aliphatic heterocycles. The van der Waals surface area contributed by atoms with Crippen molar-refractivity contribution in [2.45, 2.75) is 12.5 Å². The van der Waals surface area contributed by atoms with Crippen LogP contribution in [0.15, 0.2) is 54.6 Å². The molecule has 1 atom stereocenters. The van der Waals surface area contributed by atoms with Gasteiger partial charge in [-0.1, -0.05) is 24.3 Å². The molecule has 6 heteroatoms. The summed E-state index contributed by atoms with van der Waals surface area (Å²) in [5, 5.41) is 2.71. The van der Waals surface area contributed by atoms with E-state index >= 15 is 0 Å². The van der Waals surface area contributed by atoms with Crippen molar-refractivity contribution in [2.24, 2.45) is 0 Å². The van der Waals surface area contributed by atoms with Gasteiger partial charge in [-0.3, -0.25) is 9.69 Å². The molecule has 0 aliphatic carbocycles. The van der Waals surface area contributed by atoms with Crippen molar-refractivity contribution in [3.63, 3.8) is 0 Å². The van der Waals surface area contributed by atoms with Gasteiger partial charge in [0.05, 0.1) is 6.54 Å². The molecular weight excluding hydrogens is 311 g/mol.